The molecule has 0 radical (unpaired) electrons. The van der Waals surface area contributed by atoms with Gasteiger partial charge in [0, 0.05) is 37.6 Å². The molecule has 2 fully saturated rings. The van der Waals surface area contributed by atoms with Gasteiger partial charge in [0.05, 0.1) is 11.9 Å². The van der Waals surface area contributed by atoms with Crippen LogP contribution in [0.2, 0.25) is 0 Å². The van der Waals surface area contributed by atoms with Crippen molar-refractivity contribution >= 4 is 23.2 Å². The van der Waals surface area contributed by atoms with Crippen LogP contribution in [0.5, 0.6) is 0 Å². The number of carbonyl (C=O) groups excluding carboxylic acids is 1. The summed E-state index contributed by atoms with van der Waals surface area (Å²) in [5, 5.41) is 3.64. The first-order valence-corrected chi connectivity index (χ1v) is 11.9. The fourth-order valence-corrected chi connectivity index (χ4v) is 5.48. The van der Waals surface area contributed by atoms with Gasteiger partial charge < -0.3 is 11.1 Å². The van der Waals surface area contributed by atoms with Gasteiger partial charge in [0.15, 0.2) is 0 Å². The summed E-state index contributed by atoms with van der Waals surface area (Å²) in [6, 6.07) is 8.26. The van der Waals surface area contributed by atoms with E-state index in [1.165, 1.54) is 31.4 Å². The molecule has 1 saturated heterocycles. The molecule has 0 unspecified atom stereocenters. The van der Waals surface area contributed by atoms with Gasteiger partial charge in [-0.15, -0.1) is 0 Å². The predicted molar refractivity (Wildman–Crippen MR) is 128 cm³/mol. The number of amidine groups is 1. The zero-order valence-electron chi connectivity index (χ0n) is 18.8. The lowest BCUT2D eigenvalue weighted by atomic mass is 9.83. The molecule has 1 saturated carbocycles. The van der Waals surface area contributed by atoms with Crippen LogP contribution in [-0.4, -0.2) is 46.4 Å². The molecule has 5 rings (SSSR count). The van der Waals surface area contributed by atoms with Crippen LogP contribution in [-0.2, 0) is 6.54 Å². The highest BCUT2D eigenvalue weighted by Crippen LogP contribution is 2.39. The van der Waals surface area contributed by atoms with Gasteiger partial charge in [-0.2, -0.15) is 4.99 Å². The van der Waals surface area contributed by atoms with E-state index in [1.54, 1.807) is 29.4 Å². The lowest BCUT2D eigenvalue weighted by Crippen LogP contribution is -2.62. The number of aliphatic imine (C=N–C) groups is 1. The Kier molecular flexibility index (Phi) is 6.01. The van der Waals surface area contributed by atoms with E-state index in [-0.39, 0.29) is 11.8 Å². The first kappa shape index (κ1) is 21.8. The molecule has 8 heteroatoms. The number of likely N-dealkylation sites (tertiary alicyclic amines) is 1. The molecule has 0 bridgehead atoms. The SMILES string of the molecule is Nc1cnccc1CN1CCC2(CC1)C(NC1CCCCC1)=NC(=O)N2c1cccc(F)c1. The normalized spacial score (nSPS) is 21.4. The van der Waals surface area contributed by atoms with Crippen molar-refractivity contribution in [2.24, 2.45) is 4.99 Å². The largest absolute Gasteiger partial charge is 0.397 e. The number of nitrogen functional groups attached to an aromatic ring is 1. The van der Waals surface area contributed by atoms with Crippen molar-refractivity contribution in [1.82, 2.24) is 15.2 Å². The number of carbonyl (C=O) groups is 1. The molecule has 2 aromatic rings. The molecule has 2 amide bonds. The average molecular weight is 451 g/mol. The smallest absolute Gasteiger partial charge is 0.350 e. The van der Waals surface area contributed by atoms with Crippen LogP contribution in [0.15, 0.2) is 47.7 Å². The van der Waals surface area contributed by atoms with E-state index >= 15 is 0 Å². The van der Waals surface area contributed by atoms with E-state index < -0.39 is 5.54 Å². The summed E-state index contributed by atoms with van der Waals surface area (Å²) in [6.07, 6.45) is 10.7. The number of pyridine rings is 1. The monoisotopic (exact) mass is 450 g/mol. The maximum atomic E-state index is 14.1. The summed E-state index contributed by atoms with van der Waals surface area (Å²) in [4.78, 5) is 25.8. The van der Waals surface area contributed by atoms with Gasteiger partial charge in [0.2, 0.25) is 0 Å². The highest BCUT2D eigenvalue weighted by atomic mass is 19.1. The highest BCUT2D eigenvalue weighted by Gasteiger charge is 2.52. The van der Waals surface area contributed by atoms with E-state index in [1.807, 2.05) is 6.07 Å². The summed E-state index contributed by atoms with van der Waals surface area (Å²) in [6.45, 7) is 2.30. The Labute approximate surface area is 193 Å². The van der Waals surface area contributed by atoms with Crippen LogP contribution in [0.25, 0.3) is 0 Å². The number of nitrogens with zero attached hydrogens (tertiary/aromatic N) is 4. The van der Waals surface area contributed by atoms with Crippen LogP contribution < -0.4 is 16.0 Å². The number of amides is 2. The van der Waals surface area contributed by atoms with Gasteiger partial charge in [-0.1, -0.05) is 25.3 Å². The third-order valence-electron chi connectivity index (χ3n) is 7.30. The van der Waals surface area contributed by atoms with Gasteiger partial charge >= 0.3 is 6.03 Å². The van der Waals surface area contributed by atoms with Crippen LogP contribution in [0.4, 0.5) is 20.6 Å². The van der Waals surface area contributed by atoms with Crippen molar-refractivity contribution in [3.8, 4) is 0 Å². The van der Waals surface area contributed by atoms with E-state index in [2.05, 4.69) is 20.2 Å². The van der Waals surface area contributed by atoms with Crippen LogP contribution in [0.3, 0.4) is 0 Å². The Morgan fingerprint density at radius 2 is 1.94 bits per heavy atom. The molecule has 1 aromatic heterocycles. The lowest BCUT2D eigenvalue weighted by Gasteiger charge is -2.45. The zero-order valence-corrected chi connectivity index (χ0v) is 18.8. The Hall–Kier alpha value is -3.00. The molecule has 174 valence electrons. The Morgan fingerprint density at radius 3 is 2.67 bits per heavy atom. The summed E-state index contributed by atoms with van der Waals surface area (Å²) in [5.74, 6) is 0.404. The number of halogens is 1. The van der Waals surface area contributed by atoms with Crippen molar-refractivity contribution in [2.75, 3.05) is 23.7 Å². The van der Waals surface area contributed by atoms with Gasteiger partial charge in [0.1, 0.15) is 17.2 Å². The van der Waals surface area contributed by atoms with Crippen molar-refractivity contribution in [1.29, 1.82) is 0 Å². The maximum absolute atomic E-state index is 14.1. The topological polar surface area (TPSA) is 86.8 Å². The molecule has 1 spiro atoms. The number of anilines is 2. The Balaban J connectivity index is 1.40. The average Bonchev–Trinajstić information content (AvgIpc) is 3.08. The molecule has 2 aliphatic heterocycles. The predicted octanol–water partition coefficient (Wildman–Crippen LogP) is 4.10. The summed E-state index contributed by atoms with van der Waals surface area (Å²) >= 11 is 0. The van der Waals surface area contributed by atoms with Crippen LogP contribution in [0, 0.1) is 5.82 Å². The molecule has 3 heterocycles. The minimum absolute atomic E-state index is 0.314. The Morgan fingerprint density at radius 1 is 1.15 bits per heavy atom. The van der Waals surface area contributed by atoms with Crippen molar-refractivity contribution in [2.45, 2.75) is 63.1 Å². The molecular formula is C25H31FN6O. The quantitative estimate of drug-likeness (QED) is 0.732. The fourth-order valence-electron chi connectivity index (χ4n) is 5.48. The van der Waals surface area contributed by atoms with E-state index in [0.717, 1.165) is 56.7 Å². The third kappa shape index (κ3) is 4.31. The van der Waals surface area contributed by atoms with Gasteiger partial charge in [0.25, 0.3) is 0 Å². The third-order valence-corrected chi connectivity index (χ3v) is 7.30. The molecule has 3 aliphatic rings. The second-order valence-electron chi connectivity index (χ2n) is 9.42. The summed E-state index contributed by atoms with van der Waals surface area (Å²) in [5.41, 5.74) is 7.83. The summed E-state index contributed by atoms with van der Waals surface area (Å²) in [7, 11) is 0. The molecule has 1 aromatic carbocycles. The number of benzene rings is 1. The number of nitrogens with one attached hydrogen (secondary N) is 1. The first-order chi connectivity index (χ1) is 16.0. The molecule has 33 heavy (non-hydrogen) atoms. The molecule has 0 atom stereocenters. The van der Waals surface area contributed by atoms with E-state index in [9.17, 15) is 9.18 Å². The second kappa shape index (κ2) is 9.09. The number of hydrogen-bond donors (Lipinski definition) is 2. The lowest BCUT2D eigenvalue weighted by molar-refractivity contribution is 0.182. The number of piperidine rings is 1. The second-order valence-corrected chi connectivity index (χ2v) is 9.42. The Bertz CT molecular complexity index is 1040. The van der Waals surface area contributed by atoms with Gasteiger partial charge in [-0.05, 0) is 55.5 Å². The fraction of sp³-hybridized carbons (Fsp3) is 0.480. The van der Waals surface area contributed by atoms with Crippen LogP contribution >= 0.6 is 0 Å². The minimum Gasteiger partial charge on any atom is -0.397 e. The number of rotatable bonds is 4. The van der Waals surface area contributed by atoms with E-state index in [4.69, 9.17) is 5.73 Å². The molecule has 7 nitrogen and oxygen atoms in total. The van der Waals surface area contributed by atoms with Crippen molar-refractivity contribution in [3.05, 3.63) is 54.1 Å². The first-order valence-electron chi connectivity index (χ1n) is 11.9. The standard InChI is InChI=1S/C25H31FN6O/c26-19-5-4-8-21(15-19)32-24(33)30-23(29-20-6-2-1-3-7-20)25(32)10-13-31(14-11-25)17-18-9-12-28-16-22(18)27/h4-5,8-9,12,15-16,20H,1-3,6-7,10-11,13-14,17,27H2,(H,29,30,33). The minimum atomic E-state index is -0.581. The number of aromatic nitrogens is 1. The number of urea groups is 1. The highest BCUT2D eigenvalue weighted by molar-refractivity contribution is 6.16. The van der Waals surface area contributed by atoms with Gasteiger partial charge in [-0.3, -0.25) is 14.8 Å². The van der Waals surface area contributed by atoms with Crippen molar-refractivity contribution in [3.63, 3.8) is 0 Å². The number of hydrogen-bond acceptors (Lipinski definition) is 5. The van der Waals surface area contributed by atoms with Crippen LogP contribution in [0.1, 0.15) is 50.5 Å². The van der Waals surface area contributed by atoms with Gasteiger partial charge in [-0.25, -0.2) is 9.18 Å². The number of nitrogens with two attached hydrogens (primary N) is 1. The summed E-state index contributed by atoms with van der Waals surface area (Å²) < 4.78 is 14.1. The maximum Gasteiger partial charge on any atom is 0.350 e. The van der Waals surface area contributed by atoms with E-state index in [0.29, 0.717) is 17.4 Å². The molecular weight excluding hydrogens is 419 g/mol. The molecule has 1 aliphatic carbocycles. The zero-order chi connectivity index (χ0) is 22.8. The van der Waals surface area contributed by atoms with Crippen molar-refractivity contribution < 1.29 is 9.18 Å². The molecule has 3 N–H and O–H groups in total.